The van der Waals surface area contributed by atoms with Gasteiger partial charge in [0, 0.05) is 0 Å². The van der Waals surface area contributed by atoms with E-state index in [1.807, 2.05) is 20.8 Å². The maximum Gasteiger partial charge on any atom is 0.250 e. The van der Waals surface area contributed by atoms with Crippen molar-refractivity contribution in [3.63, 3.8) is 0 Å². The van der Waals surface area contributed by atoms with E-state index in [2.05, 4.69) is 0 Å². The zero-order valence-corrected chi connectivity index (χ0v) is 11.0. The van der Waals surface area contributed by atoms with Gasteiger partial charge in [0.25, 0.3) is 0 Å². The first-order valence-electron chi connectivity index (χ1n) is 5.25. The molecule has 1 aromatic rings. The largest absolute Gasteiger partial charge is 0.366 e. The van der Waals surface area contributed by atoms with Crippen molar-refractivity contribution >= 4 is 15.7 Å². The predicted octanol–water partition coefficient (Wildman–Crippen LogP) is 1.61. The second-order valence-corrected chi connectivity index (χ2v) is 7.14. The third-order valence-electron chi connectivity index (χ3n) is 2.11. The van der Waals surface area contributed by atoms with Crippen molar-refractivity contribution in [2.45, 2.75) is 25.7 Å². The van der Waals surface area contributed by atoms with Gasteiger partial charge in [0.1, 0.15) is 0 Å². The van der Waals surface area contributed by atoms with Gasteiger partial charge >= 0.3 is 0 Å². The fraction of sp³-hybridized carbons (Fsp3) is 0.417. The topological polar surface area (TPSA) is 77.2 Å². The quantitative estimate of drug-likeness (QED) is 0.891. The highest BCUT2D eigenvalue weighted by atomic mass is 32.2. The van der Waals surface area contributed by atoms with E-state index < -0.39 is 15.7 Å². The Kier molecular flexibility index (Phi) is 3.62. The molecule has 0 fully saturated rings. The highest BCUT2D eigenvalue weighted by Gasteiger charge is 2.26. The molecule has 2 N–H and O–H groups in total. The highest BCUT2D eigenvalue weighted by molar-refractivity contribution is 7.91. The van der Waals surface area contributed by atoms with Crippen LogP contribution < -0.4 is 5.73 Å². The van der Waals surface area contributed by atoms with Crippen LogP contribution in [0.5, 0.6) is 0 Å². The van der Waals surface area contributed by atoms with Crippen molar-refractivity contribution in [1.29, 1.82) is 0 Å². The molecule has 0 unspecified atom stereocenters. The Morgan fingerprint density at radius 2 is 1.76 bits per heavy atom. The molecule has 0 saturated carbocycles. The van der Waals surface area contributed by atoms with Gasteiger partial charge in [0.05, 0.1) is 16.2 Å². The SMILES string of the molecule is CC(C)(C)CS(=O)(=O)c1ccccc1C(N)=O. The van der Waals surface area contributed by atoms with Gasteiger partial charge in [-0.2, -0.15) is 0 Å². The fourth-order valence-electron chi connectivity index (χ4n) is 1.59. The molecule has 17 heavy (non-hydrogen) atoms. The first kappa shape index (κ1) is 13.7. The van der Waals surface area contributed by atoms with Gasteiger partial charge in [-0.3, -0.25) is 4.79 Å². The molecule has 0 atom stereocenters. The van der Waals surface area contributed by atoms with Crippen LogP contribution >= 0.6 is 0 Å². The second kappa shape index (κ2) is 4.49. The van der Waals surface area contributed by atoms with Crippen LogP contribution in [0.2, 0.25) is 0 Å². The minimum atomic E-state index is -3.49. The average molecular weight is 255 g/mol. The van der Waals surface area contributed by atoms with E-state index in [9.17, 15) is 13.2 Å². The van der Waals surface area contributed by atoms with Crippen molar-refractivity contribution in [2.75, 3.05) is 5.75 Å². The number of carbonyl (C=O) groups excluding carboxylic acids is 1. The minimum Gasteiger partial charge on any atom is -0.366 e. The van der Waals surface area contributed by atoms with E-state index in [1.165, 1.54) is 12.1 Å². The molecule has 0 aliphatic heterocycles. The summed E-state index contributed by atoms with van der Waals surface area (Å²) in [6.45, 7) is 5.49. The van der Waals surface area contributed by atoms with Gasteiger partial charge in [-0.25, -0.2) is 8.42 Å². The summed E-state index contributed by atoms with van der Waals surface area (Å²) in [7, 11) is -3.49. The Hall–Kier alpha value is -1.36. The zero-order chi connectivity index (χ0) is 13.3. The van der Waals surface area contributed by atoms with Crippen molar-refractivity contribution in [1.82, 2.24) is 0 Å². The van der Waals surface area contributed by atoms with E-state index >= 15 is 0 Å². The number of hydrogen-bond donors (Lipinski definition) is 1. The number of nitrogens with two attached hydrogens (primary N) is 1. The summed E-state index contributed by atoms with van der Waals surface area (Å²) in [4.78, 5) is 11.2. The van der Waals surface area contributed by atoms with Crippen molar-refractivity contribution in [3.8, 4) is 0 Å². The summed E-state index contributed by atoms with van der Waals surface area (Å²) in [6.07, 6.45) is 0. The van der Waals surface area contributed by atoms with Crippen LogP contribution in [0, 0.1) is 5.41 Å². The number of primary amides is 1. The lowest BCUT2D eigenvalue weighted by Gasteiger charge is -2.18. The summed E-state index contributed by atoms with van der Waals surface area (Å²) in [5.74, 6) is -0.748. The lowest BCUT2D eigenvalue weighted by Crippen LogP contribution is -2.24. The maximum atomic E-state index is 12.2. The maximum absolute atomic E-state index is 12.2. The van der Waals surface area contributed by atoms with Gasteiger partial charge in [-0.15, -0.1) is 0 Å². The lowest BCUT2D eigenvalue weighted by molar-refractivity contribution is 0.0997. The number of sulfone groups is 1. The van der Waals surface area contributed by atoms with Gasteiger partial charge in [0.2, 0.25) is 5.91 Å². The third kappa shape index (κ3) is 3.56. The van der Waals surface area contributed by atoms with E-state index in [0.29, 0.717) is 0 Å². The first-order valence-corrected chi connectivity index (χ1v) is 6.90. The predicted molar refractivity (Wildman–Crippen MR) is 66.5 cm³/mol. The lowest BCUT2D eigenvalue weighted by atomic mass is 10.0. The molecular weight excluding hydrogens is 238 g/mol. The summed E-state index contributed by atoms with van der Waals surface area (Å²) in [6, 6.07) is 6.03. The third-order valence-corrected chi connectivity index (χ3v) is 4.38. The summed E-state index contributed by atoms with van der Waals surface area (Å²) in [5.41, 5.74) is 4.85. The minimum absolute atomic E-state index is 0.0161. The monoisotopic (exact) mass is 255 g/mol. The fourth-order valence-corrected chi connectivity index (χ4v) is 3.67. The number of amides is 1. The second-order valence-electron chi connectivity index (χ2n) is 5.18. The van der Waals surface area contributed by atoms with E-state index in [4.69, 9.17) is 5.73 Å². The number of hydrogen-bond acceptors (Lipinski definition) is 3. The standard InChI is InChI=1S/C12H17NO3S/c1-12(2,3)8-17(15,16)10-7-5-4-6-9(10)11(13)14/h4-7H,8H2,1-3H3,(H2,13,14). The summed E-state index contributed by atoms with van der Waals surface area (Å²) in [5, 5.41) is 0. The Balaban J connectivity index is 3.30. The number of carbonyl (C=O) groups is 1. The molecule has 0 aliphatic rings. The van der Waals surface area contributed by atoms with Gasteiger partial charge < -0.3 is 5.73 Å². The van der Waals surface area contributed by atoms with E-state index in [1.54, 1.807) is 12.1 Å². The van der Waals surface area contributed by atoms with Crippen LogP contribution in [0.15, 0.2) is 29.2 Å². The van der Waals surface area contributed by atoms with Crippen LogP contribution in [0.3, 0.4) is 0 Å². The molecule has 5 heteroatoms. The average Bonchev–Trinajstić information content (AvgIpc) is 2.14. The van der Waals surface area contributed by atoms with Crippen molar-refractivity contribution in [2.24, 2.45) is 11.1 Å². The molecule has 1 amide bonds. The summed E-state index contributed by atoms with van der Waals surface area (Å²) < 4.78 is 24.3. The molecule has 0 heterocycles. The number of benzene rings is 1. The first-order chi connectivity index (χ1) is 7.63. The van der Waals surface area contributed by atoms with Gasteiger partial charge in [-0.05, 0) is 17.5 Å². The molecule has 1 aromatic carbocycles. The highest BCUT2D eigenvalue weighted by Crippen LogP contribution is 2.24. The van der Waals surface area contributed by atoms with E-state index in [0.717, 1.165) is 0 Å². The van der Waals surface area contributed by atoms with Crippen molar-refractivity contribution < 1.29 is 13.2 Å². The molecule has 4 nitrogen and oxygen atoms in total. The molecule has 94 valence electrons. The summed E-state index contributed by atoms with van der Waals surface area (Å²) >= 11 is 0. The molecule has 0 aliphatic carbocycles. The Morgan fingerprint density at radius 3 is 2.24 bits per heavy atom. The van der Waals surface area contributed by atoms with Gasteiger partial charge in [0.15, 0.2) is 9.84 Å². The number of rotatable bonds is 3. The Morgan fingerprint density at radius 1 is 1.24 bits per heavy atom. The van der Waals surface area contributed by atoms with Crippen molar-refractivity contribution in [3.05, 3.63) is 29.8 Å². The normalized spacial score (nSPS) is 12.4. The Labute approximate surface area is 102 Å². The molecule has 0 aromatic heterocycles. The zero-order valence-electron chi connectivity index (χ0n) is 10.2. The van der Waals surface area contributed by atoms with Crippen LogP contribution in [0.4, 0.5) is 0 Å². The molecule has 0 saturated heterocycles. The van der Waals surface area contributed by atoms with E-state index in [-0.39, 0.29) is 21.6 Å². The molecular formula is C12H17NO3S. The Bertz CT molecular complexity index is 527. The molecule has 0 bridgehead atoms. The van der Waals surface area contributed by atoms with Crippen LogP contribution in [-0.4, -0.2) is 20.1 Å². The molecule has 0 spiro atoms. The van der Waals surface area contributed by atoms with Crippen LogP contribution in [0.25, 0.3) is 0 Å². The van der Waals surface area contributed by atoms with Crippen LogP contribution in [-0.2, 0) is 9.84 Å². The molecule has 1 rings (SSSR count). The smallest absolute Gasteiger partial charge is 0.250 e. The van der Waals surface area contributed by atoms with Gasteiger partial charge in [-0.1, -0.05) is 32.9 Å². The van der Waals surface area contributed by atoms with Crippen LogP contribution in [0.1, 0.15) is 31.1 Å². The molecule has 0 radical (unpaired) electrons.